The molecule has 1 amide bonds. The molecule has 0 spiro atoms. The Morgan fingerprint density at radius 2 is 1.65 bits per heavy atom. The number of fused-ring (bicyclic) bond motifs is 1. The minimum Gasteiger partial charge on any atom is -0.497 e. The Balaban J connectivity index is 1.30. The highest BCUT2D eigenvalue weighted by atomic mass is 19.2. The van der Waals surface area contributed by atoms with E-state index in [1.807, 2.05) is 4.90 Å². The number of nitrogen functional groups attached to an aromatic ring is 1. The molecule has 5 rings (SSSR count). The molecular weight excluding hydrogens is 482 g/mol. The number of carbonyl (C=O) groups excluding carboxylic acids is 1. The Bertz CT molecular complexity index is 1440. The van der Waals surface area contributed by atoms with Crippen LogP contribution in [0.4, 0.5) is 20.5 Å². The normalized spacial score (nSPS) is 13.6. The molecule has 1 saturated heterocycles. The predicted molar refractivity (Wildman–Crippen MR) is 134 cm³/mol. The molecule has 4 aromatic rings. The highest BCUT2D eigenvalue weighted by molar-refractivity contribution is 5.89. The number of anilines is 2. The van der Waals surface area contributed by atoms with Gasteiger partial charge in [-0.2, -0.15) is 4.98 Å². The van der Waals surface area contributed by atoms with Crippen LogP contribution in [0.5, 0.6) is 11.5 Å². The van der Waals surface area contributed by atoms with E-state index in [0.717, 1.165) is 12.1 Å². The van der Waals surface area contributed by atoms with E-state index in [4.69, 9.17) is 15.2 Å². The quantitative estimate of drug-likeness (QED) is 0.425. The van der Waals surface area contributed by atoms with Gasteiger partial charge in [-0.1, -0.05) is 0 Å². The third-order valence-corrected chi connectivity index (χ3v) is 6.11. The fraction of sp³-hybridized carbons (Fsp3) is 0.231. The second-order valence-electron chi connectivity index (χ2n) is 8.43. The molecule has 0 unspecified atom stereocenters. The van der Waals surface area contributed by atoms with Crippen LogP contribution in [0.1, 0.15) is 0 Å². The van der Waals surface area contributed by atoms with Gasteiger partial charge in [-0.15, -0.1) is 0 Å². The second kappa shape index (κ2) is 10.2. The van der Waals surface area contributed by atoms with Gasteiger partial charge in [-0.3, -0.25) is 4.79 Å². The predicted octanol–water partition coefficient (Wildman–Crippen LogP) is 3.29. The Morgan fingerprint density at radius 3 is 2.35 bits per heavy atom. The lowest BCUT2D eigenvalue weighted by molar-refractivity contribution is -0.133. The van der Waals surface area contributed by atoms with Gasteiger partial charge < -0.3 is 25.0 Å². The fourth-order valence-electron chi connectivity index (χ4n) is 4.13. The van der Waals surface area contributed by atoms with Crippen molar-refractivity contribution in [3.8, 4) is 22.8 Å². The number of halogens is 2. The van der Waals surface area contributed by atoms with E-state index in [1.165, 1.54) is 6.07 Å². The van der Waals surface area contributed by atoms with Crippen molar-refractivity contribution < 1.29 is 23.0 Å². The van der Waals surface area contributed by atoms with Gasteiger partial charge in [0.1, 0.15) is 17.0 Å². The van der Waals surface area contributed by atoms with E-state index < -0.39 is 11.6 Å². The zero-order valence-corrected chi connectivity index (χ0v) is 20.0. The number of carbonyl (C=O) groups is 1. The summed E-state index contributed by atoms with van der Waals surface area (Å²) >= 11 is 0. The van der Waals surface area contributed by atoms with Crippen LogP contribution in [0.25, 0.3) is 22.3 Å². The number of rotatable bonds is 6. The molecule has 2 aromatic carbocycles. The molecule has 1 fully saturated rings. The van der Waals surface area contributed by atoms with E-state index in [0.29, 0.717) is 65.8 Å². The van der Waals surface area contributed by atoms with Gasteiger partial charge in [-0.25, -0.2) is 18.7 Å². The number of amides is 1. The van der Waals surface area contributed by atoms with E-state index in [-0.39, 0.29) is 18.5 Å². The maximum Gasteiger partial charge on any atom is 0.260 e. The first-order valence-corrected chi connectivity index (χ1v) is 11.6. The van der Waals surface area contributed by atoms with Crippen LogP contribution in [0.3, 0.4) is 0 Å². The summed E-state index contributed by atoms with van der Waals surface area (Å²) in [7, 11) is 1.58. The molecule has 1 aliphatic heterocycles. The Hall–Kier alpha value is -4.54. The summed E-state index contributed by atoms with van der Waals surface area (Å²) in [5.41, 5.74) is 7.84. The number of hydrogen-bond acceptors (Lipinski definition) is 8. The van der Waals surface area contributed by atoms with Crippen LogP contribution >= 0.6 is 0 Å². The van der Waals surface area contributed by atoms with Gasteiger partial charge in [-0.05, 0) is 54.6 Å². The summed E-state index contributed by atoms with van der Waals surface area (Å²) in [6.45, 7) is 1.83. The number of methoxy groups -OCH3 is 1. The fourth-order valence-corrected chi connectivity index (χ4v) is 4.13. The van der Waals surface area contributed by atoms with Crippen molar-refractivity contribution >= 4 is 28.7 Å². The second-order valence-corrected chi connectivity index (χ2v) is 8.43. The largest absolute Gasteiger partial charge is 0.497 e. The first-order valence-electron chi connectivity index (χ1n) is 11.6. The number of pyridine rings is 1. The average Bonchev–Trinajstić information content (AvgIpc) is 2.93. The lowest BCUT2D eigenvalue weighted by atomic mass is 10.1. The van der Waals surface area contributed by atoms with Crippen LogP contribution in [0.2, 0.25) is 0 Å². The van der Waals surface area contributed by atoms with Crippen LogP contribution in [-0.2, 0) is 4.79 Å². The van der Waals surface area contributed by atoms with E-state index >= 15 is 0 Å². The molecule has 9 nitrogen and oxygen atoms in total. The highest BCUT2D eigenvalue weighted by Crippen LogP contribution is 2.28. The maximum atomic E-state index is 13.8. The van der Waals surface area contributed by atoms with Crippen molar-refractivity contribution in [2.24, 2.45) is 0 Å². The SMILES string of the molecule is COc1ccc(OCC(=O)N2CCN(c3nc(N)nc4ccc(-c5ccc(F)c(F)c5)nc34)CC2)cc1. The first kappa shape index (κ1) is 24.2. The molecular formula is C26H24F2N6O3. The molecule has 0 aliphatic carbocycles. The molecule has 3 heterocycles. The molecule has 37 heavy (non-hydrogen) atoms. The summed E-state index contributed by atoms with van der Waals surface area (Å²) in [6, 6.07) is 14.0. The number of ether oxygens (including phenoxy) is 2. The third kappa shape index (κ3) is 5.20. The highest BCUT2D eigenvalue weighted by Gasteiger charge is 2.25. The van der Waals surface area contributed by atoms with Crippen molar-refractivity contribution in [1.82, 2.24) is 19.9 Å². The minimum absolute atomic E-state index is 0.0745. The van der Waals surface area contributed by atoms with E-state index in [1.54, 1.807) is 48.4 Å². The number of nitrogens with two attached hydrogens (primary N) is 1. The molecule has 2 aromatic heterocycles. The number of benzene rings is 2. The summed E-state index contributed by atoms with van der Waals surface area (Å²) < 4.78 is 37.9. The Morgan fingerprint density at radius 1 is 0.919 bits per heavy atom. The van der Waals surface area contributed by atoms with E-state index in [9.17, 15) is 13.6 Å². The molecule has 1 aliphatic rings. The summed E-state index contributed by atoms with van der Waals surface area (Å²) in [5.74, 6) is -0.100. The first-order chi connectivity index (χ1) is 17.9. The van der Waals surface area contributed by atoms with Gasteiger partial charge in [0.25, 0.3) is 5.91 Å². The van der Waals surface area contributed by atoms with Crippen LogP contribution in [-0.4, -0.2) is 65.7 Å². The summed E-state index contributed by atoms with van der Waals surface area (Å²) in [6.07, 6.45) is 0. The summed E-state index contributed by atoms with van der Waals surface area (Å²) in [5, 5.41) is 0. The number of piperazine rings is 1. The lowest BCUT2D eigenvalue weighted by Gasteiger charge is -2.35. The third-order valence-electron chi connectivity index (χ3n) is 6.11. The Labute approximate surface area is 211 Å². The molecule has 2 N–H and O–H groups in total. The van der Waals surface area contributed by atoms with Crippen LogP contribution in [0.15, 0.2) is 54.6 Å². The van der Waals surface area contributed by atoms with Gasteiger partial charge in [0.2, 0.25) is 5.95 Å². The molecule has 190 valence electrons. The van der Waals surface area contributed by atoms with Crippen molar-refractivity contribution in [1.29, 1.82) is 0 Å². The van der Waals surface area contributed by atoms with Crippen molar-refractivity contribution in [3.05, 3.63) is 66.2 Å². The van der Waals surface area contributed by atoms with Gasteiger partial charge in [0.05, 0.1) is 18.3 Å². The molecule has 0 atom stereocenters. The molecule has 0 bridgehead atoms. The molecule has 0 saturated carbocycles. The molecule has 0 radical (unpaired) electrons. The lowest BCUT2D eigenvalue weighted by Crippen LogP contribution is -2.50. The summed E-state index contributed by atoms with van der Waals surface area (Å²) in [4.78, 5) is 29.7. The van der Waals surface area contributed by atoms with Crippen molar-refractivity contribution in [3.63, 3.8) is 0 Å². The maximum absolute atomic E-state index is 13.8. The smallest absolute Gasteiger partial charge is 0.260 e. The monoisotopic (exact) mass is 506 g/mol. The number of aromatic nitrogens is 3. The van der Waals surface area contributed by atoms with Crippen LogP contribution in [0, 0.1) is 11.6 Å². The van der Waals surface area contributed by atoms with Crippen LogP contribution < -0.4 is 20.1 Å². The van der Waals surface area contributed by atoms with Gasteiger partial charge in [0, 0.05) is 31.7 Å². The van der Waals surface area contributed by atoms with Crippen molar-refractivity contribution in [2.75, 3.05) is 50.5 Å². The van der Waals surface area contributed by atoms with Gasteiger partial charge >= 0.3 is 0 Å². The number of hydrogen-bond donors (Lipinski definition) is 1. The molecule has 11 heteroatoms. The zero-order chi connectivity index (χ0) is 25.9. The number of nitrogens with zero attached hydrogens (tertiary/aromatic N) is 5. The topological polar surface area (TPSA) is 107 Å². The minimum atomic E-state index is -0.954. The van der Waals surface area contributed by atoms with Gasteiger partial charge in [0.15, 0.2) is 24.1 Å². The Kier molecular flexibility index (Phi) is 6.67. The standard InChI is InChI=1S/C26H24F2N6O3/c1-36-17-3-5-18(6-4-17)37-15-23(35)33-10-12-34(13-11-33)25-24-22(31-26(29)32-25)9-8-21(30-24)16-2-7-19(27)20(28)14-16/h2-9,14H,10-13,15H2,1H3,(H2,29,31,32). The van der Waals surface area contributed by atoms with Crippen molar-refractivity contribution in [2.45, 2.75) is 0 Å². The zero-order valence-electron chi connectivity index (χ0n) is 20.0. The average molecular weight is 507 g/mol. The van der Waals surface area contributed by atoms with E-state index in [2.05, 4.69) is 15.0 Å².